The van der Waals surface area contributed by atoms with Crippen LogP contribution in [0.15, 0.2) is 0 Å². The van der Waals surface area contributed by atoms with Crippen molar-refractivity contribution in [3.05, 3.63) is 0 Å². The Morgan fingerprint density at radius 1 is 0.508 bits per heavy atom. The van der Waals surface area contributed by atoms with E-state index >= 15 is 0 Å². The summed E-state index contributed by atoms with van der Waals surface area (Å²) in [6.45, 7) is 4.73. The van der Waals surface area contributed by atoms with Gasteiger partial charge in [0.2, 0.25) is 5.91 Å². The second-order valence-electron chi connectivity index (χ2n) is 20.0. The summed E-state index contributed by atoms with van der Waals surface area (Å²) in [6, 6.07) is -0.792. The number of phosphoric ester groups is 1. The molecule has 0 heterocycles. The van der Waals surface area contributed by atoms with Crippen molar-refractivity contribution in [3.63, 3.8) is 0 Å². The Labute approximate surface area is 380 Å². The first kappa shape index (κ1) is 60.5. The molecular weight excluding hydrogens is 780 g/mol. The normalized spacial score (nSPS) is 14.0. The number of carbonyl (C=O) groups is 1. The number of carbonyl (C=O) groups excluding carboxylic acids is 1. The molecule has 0 radical (unpaired) electrons. The lowest BCUT2D eigenvalue weighted by atomic mass is 10.0. The molecule has 2 N–H and O–H groups in total. The van der Waals surface area contributed by atoms with E-state index in [1.807, 2.05) is 21.1 Å². The molecule has 1 unspecified atom stereocenters. The number of aliphatic hydroxyl groups is 1. The second kappa shape index (κ2) is 44.7. The van der Waals surface area contributed by atoms with Gasteiger partial charge in [-0.25, -0.2) is 0 Å². The fraction of sp³-hybridized carbons (Fsp3) is 0.981. The van der Waals surface area contributed by atoms with Gasteiger partial charge in [-0.2, -0.15) is 0 Å². The molecule has 0 saturated heterocycles. The Kier molecular flexibility index (Phi) is 44.3. The lowest BCUT2D eigenvalue weighted by molar-refractivity contribution is -0.870. The summed E-state index contributed by atoms with van der Waals surface area (Å²) in [5, 5.41) is 13.9. The number of amides is 1. The third-order valence-electron chi connectivity index (χ3n) is 12.6. The Balaban J connectivity index is 3.90. The van der Waals surface area contributed by atoms with Crippen LogP contribution in [-0.4, -0.2) is 68.5 Å². The molecule has 0 spiro atoms. The van der Waals surface area contributed by atoms with Crippen LogP contribution in [0.2, 0.25) is 0 Å². The monoisotopic (exact) mass is 887 g/mol. The molecule has 0 bridgehead atoms. The number of hydrogen-bond donors (Lipinski definition) is 2. The molecule has 9 heteroatoms. The van der Waals surface area contributed by atoms with Gasteiger partial charge in [0, 0.05) is 6.42 Å². The molecule has 0 fully saturated rings. The maximum absolute atomic E-state index is 12.9. The number of aliphatic hydroxyl groups excluding tert-OH is 1. The number of nitrogens with one attached hydrogen (secondary N) is 1. The van der Waals surface area contributed by atoms with Crippen LogP contribution in [0.4, 0.5) is 0 Å². The topological polar surface area (TPSA) is 108 Å². The highest BCUT2D eigenvalue weighted by molar-refractivity contribution is 7.45. The summed E-state index contributed by atoms with van der Waals surface area (Å²) in [5.74, 6) is -0.161. The molecule has 0 saturated carbocycles. The van der Waals surface area contributed by atoms with E-state index < -0.39 is 20.0 Å². The average molecular weight is 887 g/mol. The first-order chi connectivity index (χ1) is 29.5. The molecule has 0 aliphatic heterocycles. The van der Waals surface area contributed by atoms with Crippen LogP contribution >= 0.6 is 7.82 Å². The lowest BCUT2D eigenvalue weighted by Crippen LogP contribution is -2.46. The Hall–Kier alpha value is -0.500. The van der Waals surface area contributed by atoms with E-state index in [-0.39, 0.29) is 19.1 Å². The zero-order chi connectivity index (χ0) is 45.0. The molecule has 0 rings (SSSR count). The molecule has 0 aliphatic carbocycles. The minimum atomic E-state index is -4.56. The zero-order valence-electron chi connectivity index (χ0n) is 41.7. The summed E-state index contributed by atoms with van der Waals surface area (Å²) in [7, 11) is 1.32. The van der Waals surface area contributed by atoms with Crippen LogP contribution in [0.1, 0.15) is 277 Å². The molecule has 366 valence electrons. The molecule has 0 aromatic rings. The number of hydrogen-bond acceptors (Lipinski definition) is 6. The number of phosphoric acid groups is 1. The maximum Gasteiger partial charge on any atom is 0.268 e. The number of likely N-dealkylation sites (N-methyl/N-ethyl adjacent to an activating group) is 1. The van der Waals surface area contributed by atoms with Crippen LogP contribution in [0.3, 0.4) is 0 Å². The van der Waals surface area contributed by atoms with E-state index in [0.717, 1.165) is 38.5 Å². The van der Waals surface area contributed by atoms with E-state index in [9.17, 15) is 19.4 Å². The highest BCUT2D eigenvalue weighted by Gasteiger charge is 2.24. The summed E-state index contributed by atoms with van der Waals surface area (Å²) in [6.07, 6.45) is 51.6. The molecule has 0 aliphatic rings. The summed E-state index contributed by atoms with van der Waals surface area (Å²) < 4.78 is 23.3. The minimum absolute atomic E-state index is 0.0159. The van der Waals surface area contributed by atoms with Gasteiger partial charge in [0.1, 0.15) is 13.2 Å². The van der Waals surface area contributed by atoms with Gasteiger partial charge in [0.25, 0.3) is 7.82 Å². The molecule has 0 aromatic heterocycles. The summed E-state index contributed by atoms with van der Waals surface area (Å²) in [5.41, 5.74) is 0. The second-order valence-corrected chi connectivity index (χ2v) is 21.4. The third-order valence-corrected chi connectivity index (χ3v) is 13.6. The predicted octanol–water partition coefficient (Wildman–Crippen LogP) is 15.1. The van der Waals surface area contributed by atoms with Crippen molar-refractivity contribution < 1.29 is 32.9 Å². The van der Waals surface area contributed by atoms with E-state index in [1.165, 1.54) is 212 Å². The fourth-order valence-electron chi connectivity index (χ4n) is 8.34. The predicted molar refractivity (Wildman–Crippen MR) is 261 cm³/mol. The smallest absolute Gasteiger partial charge is 0.268 e. The Morgan fingerprint density at radius 2 is 0.803 bits per heavy atom. The van der Waals surface area contributed by atoms with Gasteiger partial charge in [-0.05, 0) is 12.8 Å². The highest BCUT2D eigenvalue weighted by Crippen LogP contribution is 2.38. The Morgan fingerprint density at radius 3 is 1.11 bits per heavy atom. The molecular formula is C52H107N2O6P. The van der Waals surface area contributed by atoms with Crippen LogP contribution in [-0.2, 0) is 18.4 Å². The molecule has 3 atom stereocenters. The Bertz CT molecular complexity index is 963. The quantitative estimate of drug-likeness (QED) is 0.0358. The summed E-state index contributed by atoms with van der Waals surface area (Å²) >= 11 is 0. The number of rotatable bonds is 50. The van der Waals surface area contributed by atoms with E-state index in [2.05, 4.69) is 19.2 Å². The molecule has 8 nitrogen and oxygen atoms in total. The lowest BCUT2D eigenvalue weighted by Gasteiger charge is -2.30. The first-order valence-corrected chi connectivity index (χ1v) is 28.3. The zero-order valence-corrected chi connectivity index (χ0v) is 42.5. The highest BCUT2D eigenvalue weighted by atomic mass is 31.2. The van der Waals surface area contributed by atoms with Crippen LogP contribution < -0.4 is 10.2 Å². The van der Waals surface area contributed by atoms with E-state index in [1.54, 1.807) is 0 Å². The number of nitrogens with zero attached hydrogens (tertiary/aromatic N) is 1. The summed E-state index contributed by atoms with van der Waals surface area (Å²) in [4.78, 5) is 25.3. The fourth-order valence-corrected chi connectivity index (χ4v) is 9.06. The van der Waals surface area contributed by atoms with Gasteiger partial charge in [-0.1, -0.05) is 258 Å². The van der Waals surface area contributed by atoms with Gasteiger partial charge < -0.3 is 28.8 Å². The van der Waals surface area contributed by atoms with Crippen molar-refractivity contribution in [3.8, 4) is 0 Å². The van der Waals surface area contributed by atoms with Crippen LogP contribution in [0, 0.1) is 0 Å². The van der Waals surface area contributed by atoms with E-state index in [0.29, 0.717) is 23.9 Å². The van der Waals surface area contributed by atoms with Crippen molar-refractivity contribution in [1.29, 1.82) is 0 Å². The van der Waals surface area contributed by atoms with Crippen molar-refractivity contribution in [2.24, 2.45) is 0 Å². The SMILES string of the molecule is CCCCCCCCCCCCCCCCCCCCCCCCCCCCCCCCC(=O)N[C@@H](COP(=O)([O-])OCC[N+](C)(C)C)[C@H](O)CCCCCCCCCCC. The van der Waals surface area contributed by atoms with Gasteiger partial charge >= 0.3 is 0 Å². The molecule has 61 heavy (non-hydrogen) atoms. The van der Waals surface area contributed by atoms with Crippen molar-refractivity contribution in [2.45, 2.75) is 289 Å². The number of unbranched alkanes of at least 4 members (excludes halogenated alkanes) is 37. The maximum atomic E-state index is 12.9. The number of quaternary nitrogens is 1. The van der Waals surface area contributed by atoms with E-state index in [4.69, 9.17) is 9.05 Å². The van der Waals surface area contributed by atoms with Gasteiger partial charge in [0.05, 0.1) is 39.9 Å². The van der Waals surface area contributed by atoms with Crippen molar-refractivity contribution >= 4 is 13.7 Å². The molecule has 1 amide bonds. The largest absolute Gasteiger partial charge is 0.756 e. The van der Waals surface area contributed by atoms with Crippen LogP contribution in [0.5, 0.6) is 0 Å². The molecule has 0 aromatic carbocycles. The third kappa shape index (κ3) is 47.3. The van der Waals surface area contributed by atoms with Crippen LogP contribution in [0.25, 0.3) is 0 Å². The van der Waals surface area contributed by atoms with Gasteiger partial charge in [0.15, 0.2) is 0 Å². The first-order valence-electron chi connectivity index (χ1n) is 26.9. The standard InChI is InChI=1S/C52H107N2O6P/c1-6-8-10-12-14-16-17-18-19-20-21-22-23-24-25-26-27-28-29-30-31-32-33-34-35-36-38-40-42-44-46-52(56)53-50(49-60-61(57,58)59-48-47-54(3,4)5)51(55)45-43-41-39-37-15-13-11-9-7-2/h50-51,55H,6-49H2,1-5H3,(H-,53,56,57,58)/t50-,51+/m0/s1. The van der Waals surface area contributed by atoms with Crippen molar-refractivity contribution in [1.82, 2.24) is 5.32 Å². The average Bonchev–Trinajstić information content (AvgIpc) is 3.21. The minimum Gasteiger partial charge on any atom is -0.756 e. The van der Waals surface area contributed by atoms with Gasteiger partial charge in [-0.3, -0.25) is 9.36 Å². The van der Waals surface area contributed by atoms with Crippen molar-refractivity contribution in [2.75, 3.05) is 40.9 Å². The van der Waals surface area contributed by atoms with Gasteiger partial charge in [-0.15, -0.1) is 0 Å².